The number of fused-ring (bicyclic) bond motifs is 2. The third-order valence-electron chi connectivity index (χ3n) is 5.84. The standard InChI is InChI=1S/C22H25N5O/c1-3-26-11-8-16(9-12-26)19-6-7-22-24-18(10-13-27(22)25-19)17-4-5-20-21(14-17)28-15(2)23-20/h4-7,10,14,16H,3,8-9,11-13H2,1-2H3. The molecular formula is C22H25N5O. The number of piperidine rings is 1. The molecule has 1 aromatic heterocycles. The van der Waals surface area contributed by atoms with Crippen LogP contribution in [0.3, 0.4) is 0 Å². The fourth-order valence-electron chi connectivity index (χ4n) is 4.19. The van der Waals surface area contributed by atoms with Gasteiger partial charge in [-0.1, -0.05) is 13.0 Å². The van der Waals surface area contributed by atoms with Crippen LogP contribution in [0.2, 0.25) is 0 Å². The van der Waals surface area contributed by atoms with Crippen molar-refractivity contribution in [2.45, 2.75) is 26.7 Å². The number of aromatic nitrogens is 1. The third kappa shape index (κ3) is 3.18. The molecule has 4 heterocycles. The van der Waals surface area contributed by atoms with Gasteiger partial charge in [-0.15, -0.1) is 0 Å². The lowest BCUT2D eigenvalue weighted by molar-refractivity contribution is 0.219. The molecular weight excluding hydrogens is 350 g/mol. The van der Waals surface area contributed by atoms with Crippen LogP contribution in [-0.2, 0) is 0 Å². The van der Waals surface area contributed by atoms with Crippen molar-refractivity contribution >= 4 is 28.3 Å². The highest BCUT2D eigenvalue weighted by Crippen LogP contribution is 2.27. The van der Waals surface area contributed by atoms with Gasteiger partial charge < -0.3 is 9.32 Å². The molecule has 28 heavy (non-hydrogen) atoms. The SMILES string of the molecule is CCN1CCC(C2=NN3CC=C(c4ccc5nc(C)oc5c4)N=C3C=C2)CC1. The van der Waals surface area contributed by atoms with Crippen LogP contribution in [0.15, 0.2) is 50.9 Å². The summed E-state index contributed by atoms with van der Waals surface area (Å²) in [5.41, 5.74) is 4.89. The Morgan fingerprint density at radius 2 is 2.04 bits per heavy atom. The molecule has 0 atom stereocenters. The average molecular weight is 375 g/mol. The molecule has 5 rings (SSSR count). The van der Waals surface area contributed by atoms with Gasteiger partial charge >= 0.3 is 0 Å². The first kappa shape index (κ1) is 17.4. The number of allylic oxidation sites excluding steroid dienone is 1. The molecule has 0 amide bonds. The first-order valence-electron chi connectivity index (χ1n) is 10.1. The molecule has 0 saturated carbocycles. The monoisotopic (exact) mass is 375 g/mol. The molecule has 144 valence electrons. The van der Waals surface area contributed by atoms with Crippen LogP contribution in [0.4, 0.5) is 0 Å². The lowest BCUT2D eigenvalue weighted by Gasteiger charge is -2.33. The Labute approximate surface area is 164 Å². The summed E-state index contributed by atoms with van der Waals surface area (Å²) in [5.74, 6) is 2.15. The Kier molecular flexibility index (Phi) is 4.36. The molecule has 0 spiro atoms. The molecule has 0 N–H and O–H groups in total. The molecule has 2 aromatic rings. The highest BCUT2D eigenvalue weighted by Gasteiger charge is 2.25. The first-order chi connectivity index (χ1) is 13.7. The highest BCUT2D eigenvalue weighted by molar-refractivity contribution is 6.08. The van der Waals surface area contributed by atoms with Crippen LogP contribution in [-0.4, -0.2) is 52.6 Å². The summed E-state index contributed by atoms with van der Waals surface area (Å²) >= 11 is 0. The van der Waals surface area contributed by atoms with Crippen molar-refractivity contribution in [3.05, 3.63) is 47.9 Å². The van der Waals surface area contributed by atoms with Crippen molar-refractivity contribution in [1.29, 1.82) is 0 Å². The fourth-order valence-corrected chi connectivity index (χ4v) is 4.19. The van der Waals surface area contributed by atoms with Gasteiger partial charge in [-0.3, -0.25) is 0 Å². The van der Waals surface area contributed by atoms with E-state index in [0.717, 1.165) is 41.3 Å². The predicted molar refractivity (Wildman–Crippen MR) is 112 cm³/mol. The Morgan fingerprint density at radius 1 is 1.18 bits per heavy atom. The zero-order valence-corrected chi connectivity index (χ0v) is 16.4. The van der Waals surface area contributed by atoms with Crippen molar-refractivity contribution in [1.82, 2.24) is 14.9 Å². The summed E-state index contributed by atoms with van der Waals surface area (Å²) in [6.07, 6.45) is 8.78. The van der Waals surface area contributed by atoms with E-state index in [1.807, 2.05) is 24.1 Å². The Hall–Kier alpha value is -2.73. The molecule has 0 aliphatic carbocycles. The van der Waals surface area contributed by atoms with E-state index in [1.54, 1.807) is 0 Å². The Morgan fingerprint density at radius 3 is 2.86 bits per heavy atom. The summed E-state index contributed by atoms with van der Waals surface area (Å²) in [5, 5.41) is 6.92. The van der Waals surface area contributed by atoms with E-state index in [9.17, 15) is 0 Å². The number of aryl methyl sites for hydroxylation is 1. The van der Waals surface area contributed by atoms with Gasteiger partial charge in [-0.2, -0.15) is 5.10 Å². The highest BCUT2D eigenvalue weighted by atomic mass is 16.3. The number of amidine groups is 1. The molecule has 1 fully saturated rings. The van der Waals surface area contributed by atoms with E-state index in [2.05, 4.69) is 41.1 Å². The van der Waals surface area contributed by atoms with Crippen LogP contribution in [0.25, 0.3) is 16.8 Å². The van der Waals surface area contributed by atoms with Gasteiger partial charge in [0, 0.05) is 18.4 Å². The van der Waals surface area contributed by atoms with Crippen LogP contribution in [0.5, 0.6) is 0 Å². The zero-order valence-electron chi connectivity index (χ0n) is 16.4. The average Bonchev–Trinajstić information content (AvgIpc) is 3.12. The molecule has 1 saturated heterocycles. The van der Waals surface area contributed by atoms with E-state index < -0.39 is 0 Å². The topological polar surface area (TPSA) is 57.2 Å². The minimum absolute atomic E-state index is 0.558. The maximum atomic E-state index is 5.67. The fraction of sp³-hybridized carbons (Fsp3) is 0.409. The maximum Gasteiger partial charge on any atom is 0.192 e. The Bertz CT molecular complexity index is 1020. The van der Waals surface area contributed by atoms with E-state index in [0.29, 0.717) is 11.8 Å². The number of nitrogens with zero attached hydrogens (tertiary/aromatic N) is 5. The molecule has 0 unspecified atom stereocenters. The van der Waals surface area contributed by atoms with Gasteiger partial charge in [0.25, 0.3) is 0 Å². The first-order valence-corrected chi connectivity index (χ1v) is 10.1. The second-order valence-electron chi connectivity index (χ2n) is 7.62. The maximum absolute atomic E-state index is 5.67. The van der Waals surface area contributed by atoms with Crippen molar-refractivity contribution < 1.29 is 4.42 Å². The predicted octanol–water partition coefficient (Wildman–Crippen LogP) is 3.85. The summed E-state index contributed by atoms with van der Waals surface area (Å²) in [7, 11) is 0. The minimum atomic E-state index is 0.558. The smallest absolute Gasteiger partial charge is 0.192 e. The number of hydrogen-bond acceptors (Lipinski definition) is 6. The molecule has 0 radical (unpaired) electrons. The Balaban J connectivity index is 1.34. The van der Waals surface area contributed by atoms with Gasteiger partial charge in [0.2, 0.25) is 0 Å². The van der Waals surface area contributed by atoms with E-state index >= 15 is 0 Å². The quantitative estimate of drug-likeness (QED) is 0.818. The number of hydrazone groups is 1. The minimum Gasteiger partial charge on any atom is -0.441 e. The van der Waals surface area contributed by atoms with Gasteiger partial charge in [-0.05, 0) is 62.8 Å². The summed E-state index contributed by atoms with van der Waals surface area (Å²) in [4.78, 5) is 11.7. The second-order valence-corrected chi connectivity index (χ2v) is 7.62. The summed E-state index contributed by atoms with van der Waals surface area (Å²) < 4.78 is 5.67. The molecule has 6 heteroatoms. The summed E-state index contributed by atoms with van der Waals surface area (Å²) in [6.45, 7) is 8.33. The lowest BCUT2D eigenvalue weighted by atomic mass is 9.91. The number of aliphatic imine (C=N–C) groups is 1. The molecule has 1 aromatic carbocycles. The molecule has 0 bridgehead atoms. The van der Waals surface area contributed by atoms with Gasteiger partial charge in [-0.25, -0.2) is 15.0 Å². The van der Waals surface area contributed by atoms with Gasteiger partial charge in [0.15, 0.2) is 11.5 Å². The van der Waals surface area contributed by atoms with Crippen LogP contribution in [0.1, 0.15) is 31.2 Å². The summed E-state index contributed by atoms with van der Waals surface area (Å²) in [6, 6.07) is 6.06. The number of rotatable bonds is 3. The number of likely N-dealkylation sites (tertiary alicyclic amines) is 1. The third-order valence-corrected chi connectivity index (χ3v) is 5.84. The van der Waals surface area contributed by atoms with Crippen molar-refractivity contribution in [2.75, 3.05) is 26.2 Å². The second kappa shape index (κ2) is 7.02. The molecule has 3 aliphatic rings. The van der Waals surface area contributed by atoms with Gasteiger partial charge in [0.05, 0.1) is 18.0 Å². The van der Waals surface area contributed by atoms with E-state index in [4.69, 9.17) is 14.5 Å². The number of oxazole rings is 1. The van der Waals surface area contributed by atoms with Gasteiger partial charge in [0.1, 0.15) is 11.4 Å². The van der Waals surface area contributed by atoms with Crippen molar-refractivity contribution in [3.63, 3.8) is 0 Å². The largest absolute Gasteiger partial charge is 0.441 e. The van der Waals surface area contributed by atoms with Crippen LogP contribution >= 0.6 is 0 Å². The number of hydrogen-bond donors (Lipinski definition) is 0. The lowest BCUT2D eigenvalue weighted by Crippen LogP contribution is -2.38. The van der Waals surface area contributed by atoms with E-state index in [-0.39, 0.29) is 0 Å². The van der Waals surface area contributed by atoms with Crippen LogP contribution < -0.4 is 0 Å². The molecule has 3 aliphatic heterocycles. The van der Waals surface area contributed by atoms with Crippen molar-refractivity contribution in [3.8, 4) is 0 Å². The van der Waals surface area contributed by atoms with Crippen molar-refractivity contribution in [2.24, 2.45) is 16.0 Å². The van der Waals surface area contributed by atoms with Crippen LogP contribution in [0, 0.1) is 12.8 Å². The number of benzene rings is 1. The van der Waals surface area contributed by atoms with E-state index in [1.165, 1.54) is 31.6 Å². The normalized spacial score (nSPS) is 20.8. The molecule has 6 nitrogen and oxygen atoms in total. The zero-order chi connectivity index (χ0) is 19.1.